The van der Waals surface area contributed by atoms with Crippen molar-refractivity contribution in [3.8, 4) is 0 Å². The third-order valence-electron chi connectivity index (χ3n) is 5.63. The molecule has 27 heavy (non-hydrogen) atoms. The summed E-state index contributed by atoms with van der Waals surface area (Å²) in [6.07, 6.45) is 0.903. The maximum Gasteiger partial charge on any atom is 0.224 e. The molecule has 1 N–H and O–H groups in total. The van der Waals surface area contributed by atoms with Crippen LogP contribution in [0.5, 0.6) is 0 Å². The van der Waals surface area contributed by atoms with Gasteiger partial charge in [0, 0.05) is 24.3 Å². The lowest BCUT2D eigenvalue weighted by Gasteiger charge is -2.40. The molecule has 0 fully saturated rings. The van der Waals surface area contributed by atoms with Crippen LogP contribution in [-0.2, 0) is 4.79 Å². The van der Waals surface area contributed by atoms with E-state index in [1.165, 1.54) is 16.7 Å². The topological polar surface area (TPSA) is 32.3 Å². The fourth-order valence-corrected chi connectivity index (χ4v) is 4.02. The minimum Gasteiger partial charge on any atom is -0.378 e. The largest absolute Gasteiger partial charge is 0.378 e. The van der Waals surface area contributed by atoms with Crippen LogP contribution in [0, 0.1) is 0 Å². The van der Waals surface area contributed by atoms with Gasteiger partial charge in [-0.3, -0.25) is 4.79 Å². The lowest BCUT2D eigenvalue weighted by Crippen LogP contribution is -2.43. The maximum atomic E-state index is 12.3. The maximum absolute atomic E-state index is 12.3. The first kappa shape index (κ1) is 19.5. The zero-order valence-electron chi connectivity index (χ0n) is 17.4. The van der Waals surface area contributed by atoms with Crippen molar-refractivity contribution in [1.82, 2.24) is 0 Å². The lowest BCUT2D eigenvalue weighted by atomic mass is 9.88. The van der Waals surface area contributed by atoms with E-state index in [1.54, 1.807) is 6.92 Å². The Morgan fingerprint density at radius 1 is 1.00 bits per heavy atom. The van der Waals surface area contributed by atoms with Gasteiger partial charge in [-0.05, 0) is 60.1 Å². The van der Waals surface area contributed by atoms with Gasteiger partial charge >= 0.3 is 0 Å². The molecule has 0 radical (unpaired) electrons. The summed E-state index contributed by atoms with van der Waals surface area (Å²) in [7, 11) is 0. The van der Waals surface area contributed by atoms with E-state index < -0.39 is 0 Å². The van der Waals surface area contributed by atoms with Gasteiger partial charge in [0.25, 0.3) is 0 Å². The number of carbonyl (C=O) groups is 1. The lowest BCUT2D eigenvalue weighted by molar-refractivity contribution is -0.117. The van der Waals surface area contributed by atoms with E-state index in [4.69, 9.17) is 0 Å². The number of amides is 1. The van der Waals surface area contributed by atoms with E-state index in [9.17, 15) is 4.79 Å². The number of hydrogen-bond acceptors (Lipinski definition) is 2. The fraction of sp³-hybridized carbons (Fsp3) is 0.458. The Hall–Kier alpha value is -2.29. The van der Waals surface area contributed by atoms with Crippen LogP contribution < -0.4 is 10.2 Å². The number of nitrogens with zero attached hydrogens (tertiary/aromatic N) is 1. The Morgan fingerprint density at radius 3 is 2.15 bits per heavy atom. The number of anilines is 2. The normalized spacial score (nSPS) is 19.3. The van der Waals surface area contributed by atoms with Crippen LogP contribution in [0.2, 0.25) is 0 Å². The summed E-state index contributed by atoms with van der Waals surface area (Å²) in [5.74, 6) is 1.11. The summed E-state index contributed by atoms with van der Waals surface area (Å²) >= 11 is 0. The molecule has 0 aliphatic carbocycles. The highest BCUT2D eigenvalue weighted by Crippen LogP contribution is 2.40. The molecule has 3 nitrogen and oxygen atoms in total. The van der Waals surface area contributed by atoms with E-state index in [2.05, 4.69) is 82.4 Å². The van der Waals surface area contributed by atoms with Crippen molar-refractivity contribution in [2.24, 2.45) is 0 Å². The summed E-state index contributed by atoms with van der Waals surface area (Å²) in [4.78, 5) is 14.2. The molecule has 3 rings (SSSR count). The van der Waals surface area contributed by atoms with Gasteiger partial charge in [0.1, 0.15) is 0 Å². The van der Waals surface area contributed by atoms with E-state index >= 15 is 0 Å². The molecule has 2 atom stereocenters. The van der Waals surface area contributed by atoms with Gasteiger partial charge in [0.15, 0.2) is 0 Å². The molecule has 0 saturated heterocycles. The number of hydrogen-bond donors (Lipinski definition) is 1. The second kappa shape index (κ2) is 7.75. The third kappa shape index (κ3) is 4.02. The predicted molar refractivity (Wildman–Crippen MR) is 115 cm³/mol. The zero-order valence-corrected chi connectivity index (χ0v) is 17.4. The standard InChI is InChI=1S/C24H32N2O/c1-15(2)19-7-10-21(11-8-19)25-23-13-17(5)26(18(6)27)24-12-9-20(16(3)4)14-22(23)24/h7-12,14-17,23,25H,13H2,1-6H3/t17-,23+/m1/s1. The first-order valence-corrected chi connectivity index (χ1v) is 10.1. The molecular weight excluding hydrogens is 332 g/mol. The summed E-state index contributed by atoms with van der Waals surface area (Å²) < 4.78 is 0. The molecule has 0 saturated carbocycles. The summed E-state index contributed by atoms with van der Waals surface area (Å²) in [5.41, 5.74) is 6.06. The Balaban J connectivity index is 1.97. The average molecular weight is 365 g/mol. The SMILES string of the molecule is CC(=O)N1c2ccc(C(C)C)cc2[C@@H](Nc2ccc(C(C)C)cc2)C[C@H]1C. The van der Waals surface area contributed by atoms with Gasteiger partial charge in [-0.25, -0.2) is 0 Å². The molecule has 3 heteroatoms. The first-order chi connectivity index (χ1) is 12.8. The smallest absolute Gasteiger partial charge is 0.224 e. The summed E-state index contributed by atoms with van der Waals surface area (Å²) in [6, 6.07) is 15.7. The van der Waals surface area contributed by atoms with E-state index in [0.29, 0.717) is 11.8 Å². The molecular formula is C24H32N2O. The Bertz CT molecular complexity index is 808. The van der Waals surface area contributed by atoms with Crippen LogP contribution in [0.15, 0.2) is 42.5 Å². The highest BCUT2D eigenvalue weighted by Gasteiger charge is 2.32. The Kier molecular flexibility index (Phi) is 5.59. The van der Waals surface area contributed by atoms with Crippen LogP contribution in [0.1, 0.15) is 82.5 Å². The van der Waals surface area contributed by atoms with Crippen molar-refractivity contribution in [2.75, 3.05) is 10.2 Å². The van der Waals surface area contributed by atoms with Gasteiger partial charge in [0.05, 0.1) is 6.04 Å². The van der Waals surface area contributed by atoms with E-state index in [-0.39, 0.29) is 18.0 Å². The molecule has 1 heterocycles. The quantitative estimate of drug-likeness (QED) is 0.697. The monoisotopic (exact) mass is 364 g/mol. The molecule has 0 spiro atoms. The van der Waals surface area contributed by atoms with Gasteiger partial charge in [0.2, 0.25) is 5.91 Å². The highest BCUT2D eigenvalue weighted by molar-refractivity contribution is 5.93. The molecule has 0 bridgehead atoms. The van der Waals surface area contributed by atoms with Crippen molar-refractivity contribution in [3.05, 3.63) is 59.2 Å². The highest BCUT2D eigenvalue weighted by atomic mass is 16.2. The van der Waals surface area contributed by atoms with Crippen molar-refractivity contribution in [3.63, 3.8) is 0 Å². The van der Waals surface area contributed by atoms with Crippen LogP contribution in [0.3, 0.4) is 0 Å². The average Bonchev–Trinajstić information content (AvgIpc) is 2.61. The molecule has 1 aliphatic heterocycles. The summed E-state index contributed by atoms with van der Waals surface area (Å²) in [6.45, 7) is 12.6. The first-order valence-electron chi connectivity index (χ1n) is 10.1. The van der Waals surface area contributed by atoms with Crippen LogP contribution in [-0.4, -0.2) is 11.9 Å². The summed E-state index contributed by atoms with van der Waals surface area (Å²) in [5, 5.41) is 3.72. The van der Waals surface area contributed by atoms with Gasteiger partial charge < -0.3 is 10.2 Å². The van der Waals surface area contributed by atoms with Gasteiger partial charge in [-0.15, -0.1) is 0 Å². The number of nitrogens with one attached hydrogen (secondary N) is 1. The molecule has 2 aromatic carbocycles. The number of benzene rings is 2. The molecule has 0 aromatic heterocycles. The predicted octanol–water partition coefficient (Wildman–Crippen LogP) is 6.23. The van der Waals surface area contributed by atoms with E-state index in [0.717, 1.165) is 17.8 Å². The Morgan fingerprint density at radius 2 is 1.59 bits per heavy atom. The fourth-order valence-electron chi connectivity index (χ4n) is 4.02. The van der Waals surface area contributed by atoms with Gasteiger partial charge in [-0.1, -0.05) is 52.0 Å². The Labute approximate surface area is 163 Å². The molecule has 1 amide bonds. The van der Waals surface area contributed by atoms with E-state index in [1.807, 2.05) is 4.90 Å². The van der Waals surface area contributed by atoms with Crippen LogP contribution in [0.4, 0.5) is 11.4 Å². The zero-order chi connectivity index (χ0) is 19.7. The van der Waals surface area contributed by atoms with Crippen molar-refractivity contribution in [1.29, 1.82) is 0 Å². The van der Waals surface area contributed by atoms with Crippen molar-refractivity contribution < 1.29 is 4.79 Å². The number of carbonyl (C=O) groups excluding carboxylic acids is 1. The molecule has 0 unspecified atom stereocenters. The second-order valence-corrected chi connectivity index (χ2v) is 8.42. The minimum atomic E-state index is 0.112. The van der Waals surface area contributed by atoms with Crippen LogP contribution in [0.25, 0.3) is 0 Å². The molecule has 2 aromatic rings. The number of rotatable bonds is 4. The van der Waals surface area contributed by atoms with Crippen molar-refractivity contribution in [2.45, 2.75) is 71.9 Å². The molecule has 1 aliphatic rings. The number of fused-ring (bicyclic) bond motifs is 1. The van der Waals surface area contributed by atoms with Gasteiger partial charge in [-0.2, -0.15) is 0 Å². The third-order valence-corrected chi connectivity index (χ3v) is 5.63. The molecule has 144 valence electrons. The van der Waals surface area contributed by atoms with Crippen LogP contribution >= 0.6 is 0 Å². The minimum absolute atomic E-state index is 0.112. The van der Waals surface area contributed by atoms with Crippen molar-refractivity contribution >= 4 is 17.3 Å². The second-order valence-electron chi connectivity index (χ2n) is 8.42.